The van der Waals surface area contributed by atoms with E-state index < -0.39 is 11.7 Å². The zero-order valence-corrected chi connectivity index (χ0v) is 12.8. The van der Waals surface area contributed by atoms with Gasteiger partial charge in [-0.05, 0) is 40.8 Å². The lowest BCUT2D eigenvalue weighted by Gasteiger charge is -2.08. The van der Waals surface area contributed by atoms with Crippen LogP contribution in [0.2, 0.25) is 10.3 Å². The molecule has 98 valence electrons. The van der Waals surface area contributed by atoms with Crippen molar-refractivity contribution in [3.05, 3.63) is 49.8 Å². The number of hydrogen-bond donors (Lipinski definition) is 1. The van der Waals surface area contributed by atoms with Gasteiger partial charge in [0.1, 0.15) is 17.8 Å². The van der Waals surface area contributed by atoms with Gasteiger partial charge < -0.3 is 5.32 Å². The minimum Gasteiger partial charge on any atom is -0.317 e. The molecule has 0 aliphatic carbocycles. The van der Waals surface area contributed by atoms with Gasteiger partial charge in [0, 0.05) is 3.57 Å². The van der Waals surface area contributed by atoms with Crippen molar-refractivity contribution in [2.24, 2.45) is 0 Å². The first kappa shape index (κ1) is 14.4. The second kappa shape index (κ2) is 5.98. The number of aromatic nitrogens is 2. The van der Waals surface area contributed by atoms with Crippen LogP contribution in [0.5, 0.6) is 0 Å². The molecule has 0 bridgehead atoms. The van der Waals surface area contributed by atoms with Crippen LogP contribution in [0.25, 0.3) is 0 Å². The van der Waals surface area contributed by atoms with Gasteiger partial charge in [-0.3, -0.25) is 4.79 Å². The van der Waals surface area contributed by atoms with Gasteiger partial charge in [0.25, 0.3) is 5.91 Å². The van der Waals surface area contributed by atoms with E-state index in [2.05, 4.69) is 15.3 Å². The van der Waals surface area contributed by atoms with E-state index in [0.29, 0.717) is 9.13 Å². The monoisotopic (exact) mass is 411 g/mol. The second-order valence-corrected chi connectivity index (χ2v) is 5.29. The molecule has 0 saturated heterocycles. The Morgan fingerprint density at radius 1 is 1.26 bits per heavy atom. The fraction of sp³-hybridized carbons (Fsp3) is 0. The molecule has 19 heavy (non-hydrogen) atoms. The quantitative estimate of drug-likeness (QED) is 0.604. The average Bonchev–Trinajstić information content (AvgIpc) is 2.33. The number of nitrogens with one attached hydrogen (secondary N) is 1. The van der Waals surface area contributed by atoms with Crippen LogP contribution >= 0.6 is 45.8 Å². The summed E-state index contributed by atoms with van der Waals surface area (Å²) in [4.78, 5) is 19.5. The molecule has 0 atom stereocenters. The van der Waals surface area contributed by atoms with Gasteiger partial charge in [-0.25, -0.2) is 14.4 Å². The highest BCUT2D eigenvalue weighted by Gasteiger charge is 2.15. The van der Waals surface area contributed by atoms with E-state index in [1.165, 1.54) is 24.5 Å². The topological polar surface area (TPSA) is 54.9 Å². The Bertz CT molecular complexity index is 634. The maximum absolute atomic E-state index is 13.0. The highest BCUT2D eigenvalue weighted by molar-refractivity contribution is 14.1. The molecule has 8 heteroatoms. The Kier molecular flexibility index (Phi) is 4.54. The number of anilines is 1. The lowest BCUT2D eigenvalue weighted by Crippen LogP contribution is -2.15. The molecule has 4 nitrogen and oxygen atoms in total. The van der Waals surface area contributed by atoms with Crippen molar-refractivity contribution in [2.45, 2.75) is 0 Å². The summed E-state index contributed by atoms with van der Waals surface area (Å²) in [7, 11) is 0. The van der Waals surface area contributed by atoms with Crippen molar-refractivity contribution in [3.63, 3.8) is 0 Å². The Hall–Kier alpha value is -0.990. The van der Waals surface area contributed by atoms with Gasteiger partial charge in [-0.2, -0.15) is 0 Å². The maximum atomic E-state index is 13.0. The summed E-state index contributed by atoms with van der Waals surface area (Å²) in [5, 5.41) is 2.57. The van der Waals surface area contributed by atoms with Crippen molar-refractivity contribution < 1.29 is 9.18 Å². The third kappa shape index (κ3) is 3.31. The molecule has 2 rings (SSSR count). The van der Waals surface area contributed by atoms with Gasteiger partial charge in [0.05, 0.1) is 5.56 Å². The van der Waals surface area contributed by atoms with E-state index in [9.17, 15) is 9.18 Å². The van der Waals surface area contributed by atoms with E-state index in [1.807, 2.05) is 22.6 Å². The highest BCUT2D eigenvalue weighted by atomic mass is 127. The van der Waals surface area contributed by atoms with Crippen LogP contribution < -0.4 is 5.32 Å². The summed E-state index contributed by atoms with van der Waals surface area (Å²) in [6.45, 7) is 0. The Balaban J connectivity index is 2.31. The van der Waals surface area contributed by atoms with Gasteiger partial charge in [0.15, 0.2) is 10.3 Å². The molecular formula is C11H5Cl2FIN3O. The molecule has 0 spiro atoms. The third-order valence-electron chi connectivity index (χ3n) is 2.17. The van der Waals surface area contributed by atoms with Crippen LogP contribution in [0.1, 0.15) is 10.4 Å². The second-order valence-electron chi connectivity index (χ2n) is 3.41. The molecule has 0 fully saturated rings. The molecule has 2 aromatic rings. The number of rotatable bonds is 2. The number of benzene rings is 1. The summed E-state index contributed by atoms with van der Waals surface area (Å²) in [6.07, 6.45) is 1.18. The zero-order chi connectivity index (χ0) is 14.0. The third-order valence-corrected chi connectivity index (χ3v) is 3.63. The Labute approximate surface area is 131 Å². The number of halogens is 4. The van der Waals surface area contributed by atoms with Crippen LogP contribution in [0.4, 0.5) is 10.1 Å². The van der Waals surface area contributed by atoms with Crippen molar-refractivity contribution in [3.8, 4) is 0 Å². The molecule has 1 aromatic carbocycles. The summed E-state index contributed by atoms with van der Waals surface area (Å²) in [5.41, 5.74) is 0.425. The van der Waals surface area contributed by atoms with Crippen molar-refractivity contribution in [1.82, 2.24) is 9.97 Å². The van der Waals surface area contributed by atoms with E-state index in [-0.39, 0.29) is 16.0 Å². The fourth-order valence-electron chi connectivity index (χ4n) is 1.30. The van der Waals surface area contributed by atoms with Gasteiger partial charge in [-0.1, -0.05) is 23.2 Å². The molecule has 0 saturated carbocycles. The van der Waals surface area contributed by atoms with Crippen LogP contribution in [0, 0.1) is 9.39 Å². The summed E-state index contributed by atoms with van der Waals surface area (Å²) < 4.78 is 13.4. The molecule has 1 heterocycles. The predicted molar refractivity (Wildman–Crippen MR) is 79.1 cm³/mol. The molecule has 0 aliphatic heterocycles. The van der Waals surface area contributed by atoms with Crippen LogP contribution in [0.3, 0.4) is 0 Å². The van der Waals surface area contributed by atoms with Crippen molar-refractivity contribution in [2.75, 3.05) is 5.32 Å². The van der Waals surface area contributed by atoms with E-state index in [1.54, 1.807) is 0 Å². The smallest absolute Gasteiger partial charge is 0.256 e. The van der Waals surface area contributed by atoms with E-state index in [4.69, 9.17) is 23.2 Å². The number of amides is 1. The summed E-state index contributed by atoms with van der Waals surface area (Å²) >= 11 is 13.5. The first-order valence-electron chi connectivity index (χ1n) is 4.91. The Morgan fingerprint density at radius 3 is 2.47 bits per heavy atom. The van der Waals surface area contributed by atoms with E-state index >= 15 is 0 Å². The average molecular weight is 412 g/mol. The summed E-state index contributed by atoms with van der Waals surface area (Å²) in [5.74, 6) is -0.886. The minimum absolute atomic E-state index is 0.0328. The molecule has 1 aromatic heterocycles. The van der Waals surface area contributed by atoms with Gasteiger partial charge in [0.2, 0.25) is 0 Å². The Morgan fingerprint density at radius 2 is 1.89 bits per heavy atom. The minimum atomic E-state index is -0.469. The predicted octanol–water partition coefficient (Wildman–Crippen LogP) is 3.78. The number of carbonyl (C=O) groups excluding carboxylic acids is 1. The number of nitrogens with zero attached hydrogens (tertiary/aromatic N) is 2. The van der Waals surface area contributed by atoms with Gasteiger partial charge in [-0.15, -0.1) is 0 Å². The molecule has 0 radical (unpaired) electrons. The van der Waals surface area contributed by atoms with Crippen LogP contribution in [0.15, 0.2) is 24.5 Å². The normalized spacial score (nSPS) is 10.3. The maximum Gasteiger partial charge on any atom is 0.256 e. The lowest BCUT2D eigenvalue weighted by atomic mass is 10.2. The molecule has 1 amide bonds. The van der Waals surface area contributed by atoms with Crippen molar-refractivity contribution in [1.29, 1.82) is 0 Å². The molecule has 0 aliphatic rings. The number of hydrogen-bond acceptors (Lipinski definition) is 3. The first-order chi connectivity index (χ1) is 8.99. The molecule has 1 N–H and O–H groups in total. The molecule has 0 unspecified atom stereocenters. The largest absolute Gasteiger partial charge is 0.317 e. The molecular weight excluding hydrogens is 407 g/mol. The lowest BCUT2D eigenvalue weighted by molar-refractivity contribution is 0.102. The van der Waals surface area contributed by atoms with Crippen LogP contribution in [-0.4, -0.2) is 15.9 Å². The SMILES string of the molecule is O=C(Nc1c(Cl)ncnc1Cl)c1ccc(F)cc1I. The number of carbonyl (C=O) groups is 1. The van der Waals surface area contributed by atoms with Crippen molar-refractivity contribution >= 4 is 57.4 Å². The zero-order valence-electron chi connectivity index (χ0n) is 9.12. The highest BCUT2D eigenvalue weighted by Crippen LogP contribution is 2.26. The van der Waals surface area contributed by atoms with Gasteiger partial charge >= 0.3 is 0 Å². The van der Waals surface area contributed by atoms with Crippen LogP contribution in [-0.2, 0) is 0 Å². The fourth-order valence-corrected chi connectivity index (χ4v) is 2.43. The standard InChI is InChI=1S/C11H5Cl2FIN3O/c12-9-8(10(13)17-4-16-9)18-11(19)6-2-1-5(14)3-7(6)15/h1-4H,(H,18,19). The summed E-state index contributed by atoms with van der Waals surface area (Å²) in [6, 6.07) is 3.82. The van der Waals surface area contributed by atoms with E-state index in [0.717, 1.165) is 0 Å². The first-order valence-corrected chi connectivity index (χ1v) is 6.75.